The molecule has 6 heteroatoms. The molecular formula is C17H16FN3O2. The van der Waals surface area contributed by atoms with Gasteiger partial charge >= 0.3 is 0 Å². The number of carbonyl (C=O) groups is 1. The molecule has 0 radical (unpaired) electrons. The van der Waals surface area contributed by atoms with Crippen molar-refractivity contribution in [3.63, 3.8) is 0 Å². The summed E-state index contributed by atoms with van der Waals surface area (Å²) in [7, 11) is 0. The molecule has 0 spiro atoms. The number of halogens is 1. The van der Waals surface area contributed by atoms with Crippen molar-refractivity contribution in [1.82, 2.24) is 15.3 Å². The first kappa shape index (κ1) is 14.1. The predicted octanol–water partition coefficient (Wildman–Crippen LogP) is 2.23. The van der Waals surface area contributed by atoms with Crippen molar-refractivity contribution >= 4 is 5.91 Å². The Morgan fingerprint density at radius 2 is 2.04 bits per heavy atom. The van der Waals surface area contributed by atoms with Gasteiger partial charge in [0.2, 0.25) is 0 Å². The number of nitrogens with zero attached hydrogens (tertiary/aromatic N) is 2. The Bertz CT molecular complexity index is 744. The van der Waals surface area contributed by atoms with Gasteiger partial charge in [-0.25, -0.2) is 14.4 Å². The lowest BCUT2D eigenvalue weighted by Gasteiger charge is -2.26. The highest BCUT2D eigenvalue weighted by molar-refractivity contribution is 5.93. The van der Waals surface area contributed by atoms with Crippen LogP contribution in [0, 0.1) is 5.82 Å². The minimum absolute atomic E-state index is 0.195. The van der Waals surface area contributed by atoms with E-state index in [-0.39, 0.29) is 17.8 Å². The van der Waals surface area contributed by atoms with Crippen molar-refractivity contribution in [2.45, 2.75) is 31.2 Å². The van der Waals surface area contributed by atoms with Crippen LogP contribution in [0.5, 0.6) is 5.75 Å². The van der Waals surface area contributed by atoms with E-state index in [1.807, 2.05) is 0 Å². The number of aromatic nitrogens is 2. The van der Waals surface area contributed by atoms with Crippen molar-refractivity contribution in [3.05, 3.63) is 53.4 Å². The minimum Gasteiger partial charge on any atom is -0.491 e. The number of nitrogens with one attached hydrogen (secondary N) is 1. The van der Waals surface area contributed by atoms with Crippen molar-refractivity contribution < 1.29 is 13.9 Å². The van der Waals surface area contributed by atoms with E-state index in [9.17, 15) is 9.18 Å². The molecule has 2 heterocycles. The van der Waals surface area contributed by atoms with Gasteiger partial charge < -0.3 is 10.1 Å². The van der Waals surface area contributed by atoms with Crippen LogP contribution in [0.2, 0.25) is 0 Å². The van der Waals surface area contributed by atoms with Crippen molar-refractivity contribution in [1.29, 1.82) is 0 Å². The van der Waals surface area contributed by atoms with Gasteiger partial charge in [-0.15, -0.1) is 0 Å². The van der Waals surface area contributed by atoms with E-state index >= 15 is 0 Å². The molecule has 118 valence electrons. The predicted molar refractivity (Wildman–Crippen MR) is 80.9 cm³/mol. The quantitative estimate of drug-likeness (QED) is 0.944. The first-order valence-corrected chi connectivity index (χ1v) is 7.73. The summed E-state index contributed by atoms with van der Waals surface area (Å²) in [5.74, 6) is 1.41. The summed E-state index contributed by atoms with van der Waals surface area (Å²) < 4.78 is 18.9. The van der Waals surface area contributed by atoms with Crippen molar-refractivity contribution in [3.8, 4) is 5.75 Å². The van der Waals surface area contributed by atoms with E-state index in [4.69, 9.17) is 4.74 Å². The Hall–Kier alpha value is -2.50. The van der Waals surface area contributed by atoms with Crippen LogP contribution in [-0.2, 0) is 6.42 Å². The number of carbonyl (C=O) groups excluding carboxylic acids is 1. The van der Waals surface area contributed by atoms with Crippen LogP contribution in [-0.4, -0.2) is 28.5 Å². The zero-order valence-electron chi connectivity index (χ0n) is 12.5. The molecule has 23 heavy (non-hydrogen) atoms. The summed E-state index contributed by atoms with van der Waals surface area (Å²) in [5.41, 5.74) is 1.20. The highest BCUT2D eigenvalue weighted by atomic mass is 19.1. The van der Waals surface area contributed by atoms with Crippen LogP contribution in [0.4, 0.5) is 4.39 Å². The molecule has 1 N–H and O–H groups in total. The summed E-state index contributed by atoms with van der Waals surface area (Å²) in [4.78, 5) is 20.8. The molecule has 2 aliphatic rings. The molecule has 1 fully saturated rings. The van der Waals surface area contributed by atoms with Gasteiger partial charge in [0.05, 0.1) is 11.6 Å². The van der Waals surface area contributed by atoms with Crippen LogP contribution in [0.25, 0.3) is 0 Å². The molecule has 1 aliphatic carbocycles. The number of fused-ring (bicyclic) bond motifs is 1. The molecule has 2 aromatic rings. The number of hydrogen-bond acceptors (Lipinski definition) is 4. The lowest BCUT2D eigenvalue weighted by Crippen LogP contribution is -2.42. The first-order chi connectivity index (χ1) is 11.2. The maximum absolute atomic E-state index is 13.3. The van der Waals surface area contributed by atoms with E-state index in [0.717, 1.165) is 24.2 Å². The Labute approximate surface area is 132 Å². The maximum Gasteiger partial charge on any atom is 0.254 e. The molecule has 1 amide bonds. The fourth-order valence-corrected chi connectivity index (χ4v) is 2.73. The SMILES string of the molecule is O=C(N[C@@H]1COc2ccc(F)cc2C1)c1cnc(C2CC2)nc1. The van der Waals surface area contributed by atoms with Gasteiger partial charge in [0, 0.05) is 18.3 Å². The number of benzene rings is 1. The largest absolute Gasteiger partial charge is 0.491 e. The van der Waals surface area contributed by atoms with Crippen LogP contribution in [0.15, 0.2) is 30.6 Å². The molecule has 0 bridgehead atoms. The van der Waals surface area contributed by atoms with Crippen LogP contribution in [0.3, 0.4) is 0 Å². The van der Waals surface area contributed by atoms with Gasteiger partial charge in [-0.1, -0.05) is 0 Å². The summed E-state index contributed by atoms with van der Waals surface area (Å²) in [6, 6.07) is 4.24. The van der Waals surface area contributed by atoms with Crippen molar-refractivity contribution in [2.75, 3.05) is 6.61 Å². The van der Waals surface area contributed by atoms with E-state index < -0.39 is 0 Å². The summed E-state index contributed by atoms with van der Waals surface area (Å²) in [6.07, 6.45) is 5.92. The third-order valence-electron chi connectivity index (χ3n) is 4.14. The Morgan fingerprint density at radius 3 is 2.78 bits per heavy atom. The molecule has 4 rings (SSSR count). The molecular weight excluding hydrogens is 297 g/mol. The van der Waals surface area contributed by atoms with Crippen molar-refractivity contribution in [2.24, 2.45) is 0 Å². The van der Waals surface area contributed by atoms with E-state index in [2.05, 4.69) is 15.3 Å². The standard InChI is InChI=1S/C17H16FN3O2/c18-13-3-4-15-11(5-13)6-14(9-23-15)21-17(22)12-7-19-16(20-8-12)10-1-2-10/h3-5,7-8,10,14H,1-2,6,9H2,(H,21,22)/t14-/m0/s1. The Morgan fingerprint density at radius 1 is 1.26 bits per heavy atom. The van der Waals surface area contributed by atoms with Crippen LogP contribution >= 0.6 is 0 Å². The maximum atomic E-state index is 13.3. The first-order valence-electron chi connectivity index (χ1n) is 7.73. The molecule has 0 saturated heterocycles. The molecule has 1 saturated carbocycles. The van der Waals surface area contributed by atoms with Gasteiger partial charge in [0.25, 0.3) is 5.91 Å². The zero-order valence-corrected chi connectivity index (χ0v) is 12.5. The summed E-state index contributed by atoms with van der Waals surface area (Å²) >= 11 is 0. The smallest absolute Gasteiger partial charge is 0.254 e. The minimum atomic E-state index is -0.302. The number of amides is 1. The van der Waals surface area contributed by atoms with E-state index in [1.54, 1.807) is 18.5 Å². The molecule has 5 nitrogen and oxygen atoms in total. The van der Waals surface area contributed by atoms with Gasteiger partial charge in [-0.05, 0) is 43.0 Å². The third kappa shape index (κ3) is 3.02. The van der Waals surface area contributed by atoms with Gasteiger partial charge in [-0.2, -0.15) is 0 Å². The zero-order chi connectivity index (χ0) is 15.8. The number of ether oxygens (including phenoxy) is 1. The second kappa shape index (κ2) is 5.61. The fourth-order valence-electron chi connectivity index (χ4n) is 2.73. The molecule has 0 unspecified atom stereocenters. The van der Waals surface area contributed by atoms with Gasteiger partial charge in [0.1, 0.15) is 24.0 Å². The van der Waals surface area contributed by atoms with Gasteiger partial charge in [-0.3, -0.25) is 4.79 Å². The number of rotatable bonds is 3. The fraction of sp³-hybridized carbons (Fsp3) is 0.353. The second-order valence-corrected chi connectivity index (χ2v) is 6.04. The monoisotopic (exact) mass is 313 g/mol. The van der Waals surface area contributed by atoms with E-state index in [1.165, 1.54) is 12.1 Å². The summed E-state index contributed by atoms with van der Waals surface area (Å²) in [6.45, 7) is 0.366. The van der Waals surface area contributed by atoms with E-state index in [0.29, 0.717) is 30.3 Å². The van der Waals surface area contributed by atoms with Crippen LogP contribution in [0.1, 0.15) is 40.5 Å². The summed E-state index contributed by atoms with van der Waals surface area (Å²) in [5, 5.41) is 2.89. The Balaban J connectivity index is 1.42. The highest BCUT2D eigenvalue weighted by Gasteiger charge is 2.27. The Kier molecular flexibility index (Phi) is 3.44. The lowest BCUT2D eigenvalue weighted by molar-refractivity contribution is 0.0914. The topological polar surface area (TPSA) is 64.1 Å². The average molecular weight is 313 g/mol. The highest BCUT2D eigenvalue weighted by Crippen LogP contribution is 2.37. The van der Waals surface area contributed by atoms with Gasteiger partial charge in [0.15, 0.2) is 0 Å². The molecule has 1 aliphatic heterocycles. The lowest BCUT2D eigenvalue weighted by atomic mass is 10.0. The molecule has 1 aromatic heterocycles. The molecule has 1 aromatic carbocycles. The average Bonchev–Trinajstić information content (AvgIpc) is 3.39. The number of hydrogen-bond donors (Lipinski definition) is 1. The second-order valence-electron chi connectivity index (χ2n) is 6.04. The van der Waals surface area contributed by atoms with Crippen LogP contribution < -0.4 is 10.1 Å². The third-order valence-corrected chi connectivity index (χ3v) is 4.14. The molecule has 1 atom stereocenters. The normalized spacial score (nSPS) is 19.6.